The molecule has 1 aliphatic carbocycles. The molecule has 1 aliphatic rings. The number of hydrazone groups is 1. The topological polar surface area (TPSA) is 61.1 Å². The zero-order valence-electron chi connectivity index (χ0n) is 37.6. The Balaban J connectivity index is 0.909. The van der Waals surface area contributed by atoms with Crippen molar-refractivity contribution in [2.75, 3.05) is 5.43 Å². The van der Waals surface area contributed by atoms with Crippen molar-refractivity contribution in [2.45, 2.75) is 0 Å². The van der Waals surface area contributed by atoms with Crippen LogP contribution in [0.25, 0.3) is 104 Å². The summed E-state index contributed by atoms with van der Waals surface area (Å²) in [7, 11) is 0. The van der Waals surface area contributed by atoms with Crippen LogP contribution in [0, 0.1) is 5.41 Å². The number of rotatable bonds is 7. The molecule has 324 valence electrons. The fourth-order valence-electron chi connectivity index (χ4n) is 9.90. The Labute approximate surface area is 400 Å². The first-order chi connectivity index (χ1) is 34.1. The summed E-state index contributed by atoms with van der Waals surface area (Å²) in [4.78, 5) is 4.53. The highest BCUT2D eigenvalue weighted by atomic mass is 15.3. The smallest absolute Gasteiger partial charge is 0.109 e. The molecule has 0 fully saturated rings. The Morgan fingerprint density at radius 3 is 1.58 bits per heavy atom. The number of allylic oxidation sites excluding steroid dienone is 4. The molecule has 0 amide bonds. The van der Waals surface area contributed by atoms with Crippen molar-refractivity contribution in [2.24, 2.45) is 5.10 Å². The molecule has 4 heteroatoms. The van der Waals surface area contributed by atoms with Gasteiger partial charge >= 0.3 is 0 Å². The quantitative estimate of drug-likeness (QED) is 0.0952. The summed E-state index contributed by atoms with van der Waals surface area (Å²) in [6, 6.07) is 79.8. The molecule has 0 spiro atoms. The third-order valence-corrected chi connectivity index (χ3v) is 13.3. The van der Waals surface area contributed by atoms with Gasteiger partial charge in [-0.05, 0) is 152 Å². The van der Waals surface area contributed by atoms with Crippen molar-refractivity contribution in [3.05, 3.63) is 261 Å². The standard InChI is InChI=1S/C65H44N4/c66-62-36-30-49(41-63(62)69-68-53-31-27-45(28-32-53)54-34-35-55(57-20-10-9-19-56(54)57)52-18-4-2-1-3-13-37-67-42-52)48-29-33-60-61(40-48)65(51-26-24-44-15-6-8-17-47(44)39-51)59-22-12-11-21-58(59)64(60)50-25-23-43-14-5-7-16-46(43)38-50/h1-42,66,68H/b2-1?,3-1?,4-2?,13-3?,18-4?,37-13?,52-18?,52-42?,66-62?,67-37?,67-42?,69-63-. The normalized spacial score (nSPS) is 13.0. The van der Waals surface area contributed by atoms with Crippen LogP contribution in [0.1, 0.15) is 5.56 Å². The lowest BCUT2D eigenvalue weighted by molar-refractivity contribution is 1.34. The van der Waals surface area contributed by atoms with E-state index in [0.29, 0.717) is 11.4 Å². The summed E-state index contributed by atoms with van der Waals surface area (Å²) < 4.78 is 0. The molecule has 1 aromatic heterocycles. The number of aromatic nitrogens is 1. The summed E-state index contributed by atoms with van der Waals surface area (Å²) in [5, 5.41) is 25.7. The molecule has 11 aromatic rings. The van der Waals surface area contributed by atoms with E-state index in [0.717, 1.165) is 49.9 Å². The highest BCUT2D eigenvalue weighted by Crippen LogP contribution is 2.46. The maximum absolute atomic E-state index is 8.91. The van der Waals surface area contributed by atoms with E-state index in [1.807, 2.05) is 66.9 Å². The molecule has 0 saturated heterocycles. The second kappa shape index (κ2) is 17.9. The Morgan fingerprint density at radius 2 is 0.899 bits per heavy atom. The van der Waals surface area contributed by atoms with Gasteiger partial charge in [0.1, 0.15) is 5.71 Å². The number of nitrogens with zero attached hydrogens (tertiary/aromatic N) is 2. The molecule has 69 heavy (non-hydrogen) atoms. The number of anilines is 1. The first kappa shape index (κ1) is 41.2. The number of nitrogens with one attached hydrogen (secondary N) is 2. The fourth-order valence-corrected chi connectivity index (χ4v) is 9.90. The van der Waals surface area contributed by atoms with Crippen LogP contribution in [0.4, 0.5) is 5.69 Å². The van der Waals surface area contributed by atoms with Gasteiger partial charge in [0.2, 0.25) is 0 Å². The molecule has 2 N–H and O–H groups in total. The molecule has 12 rings (SSSR count). The van der Waals surface area contributed by atoms with E-state index in [9.17, 15) is 0 Å². The van der Waals surface area contributed by atoms with Crippen LogP contribution in [0.15, 0.2) is 260 Å². The lowest BCUT2D eigenvalue weighted by atomic mass is 9.84. The van der Waals surface area contributed by atoms with Crippen molar-refractivity contribution >= 4 is 76.5 Å². The van der Waals surface area contributed by atoms with Gasteiger partial charge in [-0.3, -0.25) is 15.8 Å². The molecule has 0 bridgehead atoms. The first-order valence-corrected chi connectivity index (χ1v) is 23.3. The third-order valence-electron chi connectivity index (χ3n) is 13.3. The average molecular weight is 881 g/mol. The Bertz CT molecular complexity index is 3980. The molecular formula is C65H44N4. The van der Waals surface area contributed by atoms with Crippen LogP contribution in [0.3, 0.4) is 0 Å². The molecule has 0 saturated carbocycles. The van der Waals surface area contributed by atoms with Gasteiger partial charge in [0.05, 0.1) is 11.4 Å². The largest absolute Gasteiger partial charge is 0.299 e. The van der Waals surface area contributed by atoms with E-state index in [-0.39, 0.29) is 0 Å². The SMILES string of the molecule is N=C1C=CC(c2ccc3c(-c4ccc5ccccc5c4)c4ccccc4c(-c4ccc5ccccc5c4)c3c2)=C/C1=N/Nc1ccc(-c2ccc(-c3cccccccnc3)c3ccccc23)cc1. The molecule has 0 radical (unpaired) electrons. The molecule has 4 nitrogen and oxygen atoms in total. The van der Waals surface area contributed by atoms with Crippen LogP contribution >= 0.6 is 0 Å². The lowest BCUT2D eigenvalue weighted by Gasteiger charge is -2.20. The van der Waals surface area contributed by atoms with Crippen LogP contribution < -0.4 is 5.43 Å². The first-order valence-electron chi connectivity index (χ1n) is 23.3. The Kier molecular flexibility index (Phi) is 10.7. The minimum absolute atomic E-state index is 0.343. The van der Waals surface area contributed by atoms with Gasteiger partial charge in [-0.25, -0.2) is 0 Å². The van der Waals surface area contributed by atoms with Crippen LogP contribution in [-0.2, 0) is 0 Å². The van der Waals surface area contributed by atoms with E-state index in [1.165, 1.54) is 65.3 Å². The molecule has 0 unspecified atom stereocenters. The van der Waals surface area contributed by atoms with E-state index < -0.39 is 0 Å². The van der Waals surface area contributed by atoms with Gasteiger partial charge in [0, 0.05) is 18.0 Å². The van der Waals surface area contributed by atoms with E-state index in [2.05, 4.69) is 192 Å². The molecule has 10 aromatic carbocycles. The van der Waals surface area contributed by atoms with Crippen molar-refractivity contribution in [3.63, 3.8) is 0 Å². The van der Waals surface area contributed by atoms with E-state index in [1.54, 1.807) is 6.20 Å². The third kappa shape index (κ3) is 7.90. The zero-order chi connectivity index (χ0) is 46.1. The predicted molar refractivity (Wildman–Crippen MR) is 293 cm³/mol. The van der Waals surface area contributed by atoms with Gasteiger partial charge in [0.15, 0.2) is 0 Å². The molecule has 0 aliphatic heterocycles. The van der Waals surface area contributed by atoms with Crippen molar-refractivity contribution in [3.8, 4) is 44.5 Å². The number of fused-ring (bicyclic) bond motifs is 5. The zero-order valence-corrected chi connectivity index (χ0v) is 37.6. The minimum atomic E-state index is 0.343. The molecular weight excluding hydrogens is 837 g/mol. The van der Waals surface area contributed by atoms with Crippen LogP contribution in [0.5, 0.6) is 0 Å². The fraction of sp³-hybridized carbons (Fsp3) is 0. The average Bonchev–Trinajstić information content (AvgIpc) is 3.41. The monoisotopic (exact) mass is 880 g/mol. The van der Waals surface area contributed by atoms with Gasteiger partial charge in [-0.15, -0.1) is 0 Å². The summed E-state index contributed by atoms with van der Waals surface area (Å²) in [6.07, 6.45) is 9.61. The van der Waals surface area contributed by atoms with E-state index >= 15 is 0 Å². The molecule has 1 heterocycles. The Hall–Kier alpha value is -9.25. The van der Waals surface area contributed by atoms with Crippen LogP contribution in [-0.4, -0.2) is 16.4 Å². The predicted octanol–water partition coefficient (Wildman–Crippen LogP) is 17.1. The number of hydrogen-bond donors (Lipinski definition) is 2. The number of hydrogen-bond acceptors (Lipinski definition) is 4. The molecule has 0 atom stereocenters. The van der Waals surface area contributed by atoms with Crippen molar-refractivity contribution in [1.82, 2.24) is 4.98 Å². The van der Waals surface area contributed by atoms with Crippen molar-refractivity contribution in [1.29, 1.82) is 5.41 Å². The van der Waals surface area contributed by atoms with Gasteiger partial charge < -0.3 is 0 Å². The number of benzene rings is 10. The summed E-state index contributed by atoms with van der Waals surface area (Å²) in [5.74, 6) is 0. The minimum Gasteiger partial charge on any atom is -0.299 e. The summed E-state index contributed by atoms with van der Waals surface area (Å²) >= 11 is 0. The maximum Gasteiger partial charge on any atom is 0.109 e. The lowest BCUT2D eigenvalue weighted by Crippen LogP contribution is -2.13. The Morgan fingerprint density at radius 1 is 0.377 bits per heavy atom. The second-order valence-electron chi connectivity index (χ2n) is 17.4. The summed E-state index contributed by atoms with van der Waals surface area (Å²) in [6.45, 7) is 0. The van der Waals surface area contributed by atoms with Crippen molar-refractivity contribution < 1.29 is 0 Å². The highest BCUT2D eigenvalue weighted by molar-refractivity contribution is 6.51. The second-order valence-corrected chi connectivity index (χ2v) is 17.4. The maximum atomic E-state index is 8.91. The van der Waals surface area contributed by atoms with Gasteiger partial charge in [-0.1, -0.05) is 194 Å². The summed E-state index contributed by atoms with van der Waals surface area (Å²) in [5.41, 5.74) is 16.2. The highest BCUT2D eigenvalue weighted by Gasteiger charge is 2.20. The van der Waals surface area contributed by atoms with Gasteiger partial charge in [-0.2, -0.15) is 5.10 Å². The van der Waals surface area contributed by atoms with Crippen LogP contribution in [0.2, 0.25) is 0 Å². The van der Waals surface area contributed by atoms with Gasteiger partial charge in [0.25, 0.3) is 0 Å². The van der Waals surface area contributed by atoms with E-state index in [4.69, 9.17) is 10.5 Å².